The molecule has 0 fully saturated rings. The molecule has 0 atom stereocenters. The molecular formula is C56H106O3. The van der Waals surface area contributed by atoms with Gasteiger partial charge in [0.1, 0.15) is 0 Å². The van der Waals surface area contributed by atoms with E-state index in [1.807, 2.05) is 0 Å². The van der Waals surface area contributed by atoms with E-state index in [0.717, 1.165) is 62.8 Å². The highest BCUT2D eigenvalue weighted by atomic mass is 16.5. The van der Waals surface area contributed by atoms with Crippen molar-refractivity contribution < 1.29 is 14.2 Å². The van der Waals surface area contributed by atoms with E-state index in [1.54, 1.807) is 0 Å². The number of benzene rings is 1. The Balaban J connectivity index is 2.44. The summed E-state index contributed by atoms with van der Waals surface area (Å²) in [6.45, 7) is 11.4. The maximum absolute atomic E-state index is 6.57. The van der Waals surface area contributed by atoms with Gasteiger partial charge in [0.05, 0.1) is 19.8 Å². The summed E-state index contributed by atoms with van der Waals surface area (Å²) in [5, 5.41) is 0. The second-order valence-electron chi connectivity index (χ2n) is 18.6. The molecule has 0 aliphatic rings. The Morgan fingerprint density at radius 2 is 0.458 bits per heavy atom. The van der Waals surface area contributed by atoms with E-state index in [4.69, 9.17) is 14.2 Å². The van der Waals surface area contributed by atoms with Crippen LogP contribution in [0.5, 0.6) is 17.2 Å². The van der Waals surface area contributed by atoms with Crippen LogP contribution in [0.15, 0.2) is 12.1 Å². The van der Waals surface area contributed by atoms with Crippen molar-refractivity contribution in [1.82, 2.24) is 0 Å². The van der Waals surface area contributed by atoms with Crippen molar-refractivity contribution in [2.75, 3.05) is 19.8 Å². The fourth-order valence-corrected chi connectivity index (χ4v) is 8.62. The number of aryl methyl sites for hydroxylation is 1. The van der Waals surface area contributed by atoms with Crippen molar-refractivity contribution in [1.29, 1.82) is 0 Å². The summed E-state index contributed by atoms with van der Waals surface area (Å²) in [5.74, 6) is 2.66. The van der Waals surface area contributed by atoms with Crippen LogP contribution >= 0.6 is 0 Å². The van der Waals surface area contributed by atoms with Gasteiger partial charge in [-0.05, 0) is 43.4 Å². The topological polar surface area (TPSA) is 27.7 Å². The summed E-state index contributed by atoms with van der Waals surface area (Å²) >= 11 is 0. The molecule has 0 spiro atoms. The first-order valence-corrected chi connectivity index (χ1v) is 27.3. The number of unbranched alkanes of at least 4 members (excludes halogenated alkanes) is 39. The first-order chi connectivity index (χ1) is 29.3. The number of rotatable bonds is 49. The third-order valence-corrected chi connectivity index (χ3v) is 12.7. The molecule has 0 aromatic heterocycles. The maximum atomic E-state index is 6.57. The monoisotopic (exact) mass is 827 g/mol. The Labute approximate surface area is 371 Å². The van der Waals surface area contributed by atoms with Crippen LogP contribution in [0.3, 0.4) is 0 Å². The van der Waals surface area contributed by atoms with Crippen LogP contribution in [0.2, 0.25) is 0 Å². The summed E-state index contributed by atoms with van der Waals surface area (Å²) in [6.07, 6.45) is 58.7. The maximum Gasteiger partial charge on any atom is 0.203 e. The molecule has 1 aromatic carbocycles. The van der Waals surface area contributed by atoms with Crippen LogP contribution in [0.1, 0.15) is 303 Å². The number of hydrogen-bond donors (Lipinski definition) is 0. The number of hydrogen-bond acceptors (Lipinski definition) is 3. The van der Waals surface area contributed by atoms with Gasteiger partial charge in [0.2, 0.25) is 5.75 Å². The predicted molar refractivity (Wildman–Crippen MR) is 263 cm³/mol. The molecular weight excluding hydrogens is 721 g/mol. The molecule has 1 aromatic rings. The van der Waals surface area contributed by atoms with Crippen LogP contribution in [0.4, 0.5) is 0 Å². The van der Waals surface area contributed by atoms with E-state index in [-0.39, 0.29) is 0 Å². The minimum absolute atomic E-state index is 0.744. The summed E-state index contributed by atoms with van der Waals surface area (Å²) < 4.78 is 19.6. The van der Waals surface area contributed by atoms with Crippen molar-refractivity contribution in [2.45, 2.75) is 304 Å². The Morgan fingerprint density at radius 1 is 0.254 bits per heavy atom. The molecule has 0 radical (unpaired) electrons. The zero-order valence-corrected chi connectivity index (χ0v) is 40.9. The summed E-state index contributed by atoms with van der Waals surface area (Å²) in [5.41, 5.74) is 1.28. The van der Waals surface area contributed by atoms with E-state index in [1.165, 1.54) is 256 Å². The summed E-state index contributed by atoms with van der Waals surface area (Å²) in [4.78, 5) is 0. The lowest BCUT2D eigenvalue weighted by Gasteiger charge is -2.19. The van der Waals surface area contributed by atoms with Gasteiger partial charge in [-0.3, -0.25) is 0 Å². The van der Waals surface area contributed by atoms with Gasteiger partial charge in [0.15, 0.2) is 11.5 Å². The molecule has 0 N–H and O–H groups in total. The minimum Gasteiger partial charge on any atom is -0.490 e. The van der Waals surface area contributed by atoms with Gasteiger partial charge in [-0.15, -0.1) is 0 Å². The Hall–Kier alpha value is -1.38. The van der Waals surface area contributed by atoms with Gasteiger partial charge in [-0.1, -0.05) is 278 Å². The lowest BCUT2D eigenvalue weighted by atomic mass is 10.0. The minimum atomic E-state index is 0.744. The number of ether oxygens (including phenoxy) is 3. The molecule has 0 saturated heterocycles. The first-order valence-electron chi connectivity index (χ1n) is 27.3. The standard InChI is InChI=1S/C56H106O3/c1-5-9-12-15-18-21-24-27-30-33-36-39-42-45-48-57-54-51-53(8-4)52-55(58-49-46-43-40-37-34-31-28-25-22-19-16-13-10-6-2)56(54)59-50-47-44-41-38-35-32-29-26-23-20-17-14-11-7-3/h51-52H,5-50H2,1-4H3. The van der Waals surface area contributed by atoms with Crippen molar-refractivity contribution in [2.24, 2.45) is 0 Å². The highest BCUT2D eigenvalue weighted by Gasteiger charge is 2.16. The molecule has 0 bridgehead atoms. The lowest BCUT2D eigenvalue weighted by Crippen LogP contribution is -2.07. The van der Waals surface area contributed by atoms with E-state index < -0.39 is 0 Å². The van der Waals surface area contributed by atoms with Crippen molar-refractivity contribution in [3.63, 3.8) is 0 Å². The summed E-state index contributed by atoms with van der Waals surface area (Å²) in [7, 11) is 0. The first kappa shape index (κ1) is 55.6. The predicted octanol–water partition coefficient (Wildman–Crippen LogP) is 19.8. The molecule has 0 unspecified atom stereocenters. The van der Waals surface area contributed by atoms with Gasteiger partial charge in [-0.2, -0.15) is 0 Å². The average molecular weight is 827 g/mol. The molecule has 0 aliphatic carbocycles. The van der Waals surface area contributed by atoms with Crippen molar-refractivity contribution in [3.05, 3.63) is 17.7 Å². The Bertz CT molecular complexity index is 903. The second kappa shape index (κ2) is 46.1. The second-order valence-corrected chi connectivity index (χ2v) is 18.6. The smallest absolute Gasteiger partial charge is 0.203 e. The van der Waals surface area contributed by atoms with Crippen LogP contribution in [-0.2, 0) is 6.42 Å². The van der Waals surface area contributed by atoms with Crippen molar-refractivity contribution >= 4 is 0 Å². The SMILES string of the molecule is CCCCCCCCCCCCCCCCOc1cc(CC)cc(OCCCCCCCCCCCCCCCC)c1OCCCCCCCCCCCCCCCC. The molecule has 3 nitrogen and oxygen atoms in total. The zero-order chi connectivity index (χ0) is 42.4. The molecule has 0 amide bonds. The van der Waals surface area contributed by atoms with Crippen LogP contribution in [-0.4, -0.2) is 19.8 Å². The highest BCUT2D eigenvalue weighted by molar-refractivity contribution is 5.54. The molecule has 348 valence electrons. The highest BCUT2D eigenvalue weighted by Crippen LogP contribution is 2.40. The van der Waals surface area contributed by atoms with E-state index in [9.17, 15) is 0 Å². The summed E-state index contributed by atoms with van der Waals surface area (Å²) in [6, 6.07) is 4.45. The largest absolute Gasteiger partial charge is 0.490 e. The average Bonchev–Trinajstić information content (AvgIpc) is 3.25. The van der Waals surface area contributed by atoms with Gasteiger partial charge >= 0.3 is 0 Å². The fourth-order valence-electron chi connectivity index (χ4n) is 8.62. The lowest BCUT2D eigenvalue weighted by molar-refractivity contribution is 0.234. The van der Waals surface area contributed by atoms with Crippen molar-refractivity contribution in [3.8, 4) is 17.2 Å². The fraction of sp³-hybridized carbons (Fsp3) is 0.893. The van der Waals surface area contributed by atoms with Gasteiger partial charge in [0.25, 0.3) is 0 Å². The Morgan fingerprint density at radius 3 is 0.678 bits per heavy atom. The van der Waals surface area contributed by atoms with Gasteiger partial charge in [0, 0.05) is 0 Å². The Kier molecular flexibility index (Phi) is 43.5. The quantitative estimate of drug-likeness (QED) is 0.0613. The molecule has 0 saturated carbocycles. The van der Waals surface area contributed by atoms with E-state index in [0.29, 0.717) is 0 Å². The molecule has 3 heteroatoms. The van der Waals surface area contributed by atoms with Gasteiger partial charge in [-0.25, -0.2) is 0 Å². The van der Waals surface area contributed by atoms with E-state index >= 15 is 0 Å². The third-order valence-electron chi connectivity index (χ3n) is 12.7. The molecule has 0 aliphatic heterocycles. The zero-order valence-electron chi connectivity index (χ0n) is 40.9. The normalized spacial score (nSPS) is 11.5. The van der Waals surface area contributed by atoms with Crippen LogP contribution in [0.25, 0.3) is 0 Å². The third kappa shape index (κ3) is 36.9. The molecule has 1 rings (SSSR count). The van der Waals surface area contributed by atoms with Crippen LogP contribution in [0, 0.1) is 0 Å². The van der Waals surface area contributed by atoms with E-state index in [2.05, 4.69) is 39.8 Å². The molecule has 59 heavy (non-hydrogen) atoms. The van der Waals surface area contributed by atoms with Gasteiger partial charge < -0.3 is 14.2 Å². The van der Waals surface area contributed by atoms with Crippen LogP contribution < -0.4 is 14.2 Å². The molecule has 0 heterocycles.